The second kappa shape index (κ2) is 8.11. The van der Waals surface area contributed by atoms with E-state index in [0.717, 1.165) is 12.8 Å². The van der Waals surface area contributed by atoms with Crippen molar-refractivity contribution < 1.29 is 19.6 Å². The summed E-state index contributed by atoms with van der Waals surface area (Å²) in [6, 6.07) is 4.12. The highest BCUT2D eigenvalue weighted by molar-refractivity contribution is 5.77. The van der Waals surface area contributed by atoms with Gasteiger partial charge in [-0.1, -0.05) is 19.4 Å². The maximum Gasteiger partial charge on any atom is 0.311 e. The first-order chi connectivity index (χ1) is 9.58. The first-order valence-electron chi connectivity index (χ1n) is 6.36. The molecule has 1 aromatic carbocycles. The van der Waals surface area contributed by atoms with Gasteiger partial charge in [-0.2, -0.15) is 0 Å². The van der Waals surface area contributed by atoms with Crippen molar-refractivity contribution in [1.82, 2.24) is 5.32 Å². The van der Waals surface area contributed by atoms with E-state index >= 15 is 0 Å². The molecule has 0 heterocycles. The van der Waals surface area contributed by atoms with Crippen LogP contribution in [0.4, 0.5) is 5.69 Å². The van der Waals surface area contributed by atoms with Crippen LogP contribution in [-0.4, -0.2) is 29.1 Å². The Labute approximate surface area is 116 Å². The number of nitro benzene ring substituents is 1. The highest BCUT2D eigenvalue weighted by atomic mass is 16.6. The number of rotatable bonds is 8. The van der Waals surface area contributed by atoms with Gasteiger partial charge in [0.25, 0.3) is 5.91 Å². The molecule has 0 atom stereocenters. The third kappa shape index (κ3) is 4.85. The quantitative estimate of drug-likeness (QED) is 0.426. The third-order valence-electron chi connectivity index (χ3n) is 2.61. The standard InChI is InChI=1S/C13H18N2O5/c1-2-3-6-14-13(17)9-20-12-5-4-10(8-16)7-11(12)15(18)19/h4-5,7,16H,2-3,6,8-9H2,1H3,(H,14,17). The summed E-state index contributed by atoms with van der Waals surface area (Å²) in [4.78, 5) is 21.7. The Bertz CT molecular complexity index is 476. The Morgan fingerprint density at radius 3 is 2.85 bits per heavy atom. The highest BCUT2D eigenvalue weighted by Crippen LogP contribution is 2.27. The SMILES string of the molecule is CCCCNC(=O)COc1ccc(CO)cc1[N+](=O)[O-]. The molecular weight excluding hydrogens is 264 g/mol. The monoisotopic (exact) mass is 282 g/mol. The molecule has 0 aliphatic rings. The summed E-state index contributed by atoms with van der Waals surface area (Å²) in [5.41, 5.74) is 0.148. The van der Waals surface area contributed by atoms with Crippen molar-refractivity contribution in [3.8, 4) is 5.75 Å². The number of nitrogens with zero attached hydrogens (tertiary/aromatic N) is 1. The molecule has 0 saturated heterocycles. The van der Waals surface area contributed by atoms with Crippen LogP contribution in [0.2, 0.25) is 0 Å². The van der Waals surface area contributed by atoms with E-state index < -0.39 is 4.92 Å². The van der Waals surface area contributed by atoms with E-state index in [9.17, 15) is 14.9 Å². The molecule has 0 fully saturated rings. The van der Waals surface area contributed by atoms with Gasteiger partial charge in [0.2, 0.25) is 0 Å². The minimum Gasteiger partial charge on any atom is -0.477 e. The van der Waals surface area contributed by atoms with Crippen molar-refractivity contribution >= 4 is 11.6 Å². The largest absolute Gasteiger partial charge is 0.477 e. The van der Waals surface area contributed by atoms with E-state index in [-0.39, 0.29) is 30.6 Å². The average Bonchev–Trinajstić information content (AvgIpc) is 2.45. The number of hydrogen-bond acceptors (Lipinski definition) is 5. The fraction of sp³-hybridized carbons (Fsp3) is 0.462. The van der Waals surface area contributed by atoms with Crippen molar-refractivity contribution in [2.24, 2.45) is 0 Å². The van der Waals surface area contributed by atoms with Gasteiger partial charge in [0.15, 0.2) is 12.4 Å². The maximum atomic E-state index is 11.4. The van der Waals surface area contributed by atoms with E-state index in [0.29, 0.717) is 12.1 Å². The summed E-state index contributed by atoms with van der Waals surface area (Å²) >= 11 is 0. The van der Waals surface area contributed by atoms with Gasteiger partial charge < -0.3 is 15.2 Å². The van der Waals surface area contributed by atoms with E-state index in [2.05, 4.69) is 5.32 Å². The zero-order valence-corrected chi connectivity index (χ0v) is 11.3. The molecule has 1 amide bonds. The lowest BCUT2D eigenvalue weighted by Crippen LogP contribution is -2.29. The average molecular weight is 282 g/mol. The van der Waals surface area contributed by atoms with Gasteiger partial charge in [0, 0.05) is 12.6 Å². The summed E-state index contributed by atoms with van der Waals surface area (Å²) in [7, 11) is 0. The number of aliphatic hydroxyl groups is 1. The van der Waals surface area contributed by atoms with Crippen molar-refractivity contribution in [3.05, 3.63) is 33.9 Å². The Hall–Kier alpha value is -2.15. The van der Waals surface area contributed by atoms with Crippen molar-refractivity contribution in [2.45, 2.75) is 26.4 Å². The molecule has 2 N–H and O–H groups in total. The zero-order chi connectivity index (χ0) is 15.0. The van der Waals surface area contributed by atoms with E-state index in [1.165, 1.54) is 18.2 Å². The fourth-order valence-corrected chi connectivity index (χ4v) is 1.52. The van der Waals surface area contributed by atoms with Crippen LogP contribution in [-0.2, 0) is 11.4 Å². The number of unbranched alkanes of at least 4 members (excludes halogenated alkanes) is 1. The number of carbonyl (C=O) groups is 1. The number of hydrogen-bond donors (Lipinski definition) is 2. The Morgan fingerprint density at radius 2 is 2.25 bits per heavy atom. The summed E-state index contributed by atoms with van der Waals surface area (Å²) in [5, 5.41) is 22.5. The molecule has 0 saturated carbocycles. The van der Waals surface area contributed by atoms with Crippen molar-refractivity contribution in [3.63, 3.8) is 0 Å². The minimum atomic E-state index is -0.608. The van der Waals surface area contributed by atoms with Crippen LogP contribution >= 0.6 is 0 Å². The van der Waals surface area contributed by atoms with Crippen LogP contribution in [0, 0.1) is 10.1 Å². The summed E-state index contributed by atoms with van der Waals surface area (Å²) in [6.07, 6.45) is 1.84. The third-order valence-corrected chi connectivity index (χ3v) is 2.61. The number of benzene rings is 1. The van der Waals surface area contributed by atoms with Gasteiger partial charge in [0.1, 0.15) is 0 Å². The molecular formula is C13H18N2O5. The molecule has 0 aliphatic heterocycles. The second-order valence-corrected chi connectivity index (χ2v) is 4.21. The number of amides is 1. The van der Waals surface area contributed by atoms with Crippen molar-refractivity contribution in [1.29, 1.82) is 0 Å². The van der Waals surface area contributed by atoms with Crippen molar-refractivity contribution in [2.75, 3.05) is 13.2 Å². The first-order valence-corrected chi connectivity index (χ1v) is 6.36. The molecule has 7 nitrogen and oxygen atoms in total. The molecule has 0 aliphatic carbocycles. The summed E-state index contributed by atoms with van der Waals surface area (Å²) in [6.45, 7) is 2.00. The number of nitro groups is 1. The van der Waals surface area contributed by atoms with Gasteiger partial charge in [0.05, 0.1) is 11.5 Å². The Kier molecular flexibility index (Phi) is 6.45. The second-order valence-electron chi connectivity index (χ2n) is 4.21. The van der Waals surface area contributed by atoms with Gasteiger partial charge in [-0.25, -0.2) is 0 Å². The lowest BCUT2D eigenvalue weighted by atomic mass is 10.2. The highest BCUT2D eigenvalue weighted by Gasteiger charge is 2.16. The molecule has 0 unspecified atom stereocenters. The molecule has 1 aromatic rings. The van der Waals surface area contributed by atoms with Crippen LogP contribution in [0.5, 0.6) is 5.75 Å². The van der Waals surface area contributed by atoms with E-state index in [4.69, 9.17) is 9.84 Å². The predicted molar refractivity (Wildman–Crippen MR) is 72.4 cm³/mol. The smallest absolute Gasteiger partial charge is 0.311 e. The molecule has 0 radical (unpaired) electrons. The van der Waals surface area contributed by atoms with Crippen LogP contribution in [0.15, 0.2) is 18.2 Å². The zero-order valence-electron chi connectivity index (χ0n) is 11.3. The topological polar surface area (TPSA) is 102 Å². The Balaban J connectivity index is 2.63. The van der Waals surface area contributed by atoms with E-state index in [1.807, 2.05) is 6.92 Å². The lowest BCUT2D eigenvalue weighted by Gasteiger charge is -2.08. The van der Waals surface area contributed by atoms with Gasteiger partial charge in [-0.15, -0.1) is 0 Å². The van der Waals surface area contributed by atoms with Gasteiger partial charge in [-0.05, 0) is 18.1 Å². The van der Waals surface area contributed by atoms with Crippen LogP contribution in [0.3, 0.4) is 0 Å². The molecule has 0 bridgehead atoms. The predicted octanol–water partition coefficient (Wildman–Crippen LogP) is 1.38. The molecule has 20 heavy (non-hydrogen) atoms. The van der Waals surface area contributed by atoms with Crippen LogP contribution in [0.25, 0.3) is 0 Å². The molecule has 7 heteroatoms. The van der Waals surface area contributed by atoms with E-state index in [1.54, 1.807) is 0 Å². The maximum absolute atomic E-state index is 11.4. The summed E-state index contributed by atoms with van der Waals surface area (Å²) < 4.78 is 5.16. The first kappa shape index (κ1) is 15.9. The molecule has 1 rings (SSSR count). The minimum absolute atomic E-state index is 0.0119. The lowest BCUT2D eigenvalue weighted by molar-refractivity contribution is -0.385. The fourth-order valence-electron chi connectivity index (χ4n) is 1.52. The number of carbonyl (C=O) groups excluding carboxylic acids is 1. The van der Waals surface area contributed by atoms with Crippen LogP contribution < -0.4 is 10.1 Å². The number of ether oxygens (including phenoxy) is 1. The van der Waals surface area contributed by atoms with Gasteiger partial charge >= 0.3 is 5.69 Å². The molecule has 110 valence electrons. The Morgan fingerprint density at radius 1 is 1.50 bits per heavy atom. The number of nitrogens with one attached hydrogen (secondary N) is 1. The molecule has 0 spiro atoms. The van der Waals surface area contributed by atoms with Crippen LogP contribution in [0.1, 0.15) is 25.3 Å². The molecule has 0 aromatic heterocycles. The number of aliphatic hydroxyl groups excluding tert-OH is 1. The summed E-state index contributed by atoms with van der Waals surface area (Å²) in [5.74, 6) is -0.308. The normalized spacial score (nSPS) is 10.1. The van der Waals surface area contributed by atoms with Gasteiger partial charge in [-0.3, -0.25) is 14.9 Å².